The third-order valence-corrected chi connectivity index (χ3v) is 5.72. The van der Waals surface area contributed by atoms with E-state index in [1.807, 2.05) is 49.4 Å². The highest BCUT2D eigenvalue weighted by Crippen LogP contribution is 2.32. The molecule has 0 bridgehead atoms. The number of nitrogens with zero attached hydrogens (tertiary/aromatic N) is 2. The number of carbonyl (C=O) groups is 1. The van der Waals surface area contributed by atoms with Crippen molar-refractivity contribution < 1.29 is 4.79 Å². The number of allylic oxidation sites excluding steroid dienone is 3. The fourth-order valence-electron chi connectivity index (χ4n) is 3.95. The number of para-hydroxylation sites is 1. The molecule has 4 nitrogen and oxygen atoms in total. The molecule has 0 saturated carbocycles. The molecule has 32 heavy (non-hydrogen) atoms. The Bertz CT molecular complexity index is 1120. The minimum absolute atomic E-state index is 0.0388. The lowest BCUT2D eigenvalue weighted by molar-refractivity contribution is -0.122. The molecule has 5 heteroatoms. The highest BCUT2D eigenvalue weighted by Gasteiger charge is 2.33. The third kappa shape index (κ3) is 5.27. The van der Waals surface area contributed by atoms with Crippen LogP contribution in [-0.2, 0) is 17.8 Å². The van der Waals surface area contributed by atoms with E-state index < -0.39 is 0 Å². The molecule has 1 aromatic heterocycles. The van der Waals surface area contributed by atoms with Crippen LogP contribution in [0.4, 0.5) is 5.69 Å². The first-order valence-electron chi connectivity index (χ1n) is 10.7. The predicted octanol–water partition coefficient (Wildman–Crippen LogP) is 5.49. The number of aromatic nitrogens is 1. The van der Waals surface area contributed by atoms with E-state index in [2.05, 4.69) is 51.6 Å². The Morgan fingerprint density at radius 1 is 1.09 bits per heavy atom. The van der Waals surface area contributed by atoms with Gasteiger partial charge in [-0.3, -0.25) is 9.78 Å². The van der Waals surface area contributed by atoms with Gasteiger partial charge in [0.1, 0.15) is 6.04 Å². The zero-order valence-corrected chi connectivity index (χ0v) is 18.8. The molecule has 1 unspecified atom stereocenters. The summed E-state index contributed by atoms with van der Waals surface area (Å²) in [6, 6.07) is 20.2. The normalized spacial score (nSPS) is 15.8. The van der Waals surface area contributed by atoms with E-state index in [4.69, 9.17) is 11.6 Å². The van der Waals surface area contributed by atoms with Crippen molar-refractivity contribution in [1.82, 2.24) is 10.3 Å². The Morgan fingerprint density at radius 3 is 2.56 bits per heavy atom. The molecule has 1 aliphatic heterocycles. The Balaban J connectivity index is 1.41. The molecule has 0 fully saturated rings. The predicted molar refractivity (Wildman–Crippen MR) is 132 cm³/mol. The van der Waals surface area contributed by atoms with Gasteiger partial charge in [-0.05, 0) is 53.5 Å². The van der Waals surface area contributed by atoms with Crippen molar-refractivity contribution in [2.75, 3.05) is 11.4 Å². The fourth-order valence-corrected chi connectivity index (χ4v) is 4.02. The second-order valence-corrected chi connectivity index (χ2v) is 8.43. The van der Waals surface area contributed by atoms with Gasteiger partial charge < -0.3 is 10.2 Å². The van der Waals surface area contributed by atoms with Crippen molar-refractivity contribution in [3.63, 3.8) is 0 Å². The number of amides is 1. The number of benzene rings is 2. The van der Waals surface area contributed by atoms with Crippen LogP contribution in [0.3, 0.4) is 0 Å². The molecule has 1 aliphatic rings. The topological polar surface area (TPSA) is 45.2 Å². The van der Waals surface area contributed by atoms with E-state index in [1.165, 1.54) is 5.56 Å². The fraction of sp³-hybridized carbons (Fsp3) is 0.185. The molecule has 162 valence electrons. The molecular formula is C27H26ClN3O. The van der Waals surface area contributed by atoms with Crippen LogP contribution in [0.15, 0.2) is 96.3 Å². The summed E-state index contributed by atoms with van der Waals surface area (Å²) >= 11 is 5.91. The van der Waals surface area contributed by atoms with E-state index in [1.54, 1.807) is 12.4 Å². The van der Waals surface area contributed by atoms with Crippen molar-refractivity contribution in [3.05, 3.63) is 107 Å². The number of hydrogen-bond donors (Lipinski definition) is 1. The van der Waals surface area contributed by atoms with Gasteiger partial charge in [0.05, 0.1) is 0 Å². The van der Waals surface area contributed by atoms with Crippen molar-refractivity contribution >= 4 is 23.2 Å². The van der Waals surface area contributed by atoms with Gasteiger partial charge in [0.2, 0.25) is 5.91 Å². The molecule has 0 radical (unpaired) electrons. The molecular weight excluding hydrogens is 418 g/mol. The molecule has 1 amide bonds. The number of pyridine rings is 1. The Labute approximate surface area is 194 Å². The summed E-state index contributed by atoms with van der Waals surface area (Å²) in [6.45, 7) is 2.99. The number of carbonyl (C=O) groups excluding carboxylic acids is 1. The van der Waals surface area contributed by atoms with Crippen LogP contribution in [0.1, 0.15) is 18.1 Å². The molecule has 0 spiro atoms. The number of halogens is 1. The number of fused-ring (bicyclic) bond motifs is 1. The summed E-state index contributed by atoms with van der Waals surface area (Å²) in [5.41, 5.74) is 5.65. The SMILES string of the molecule is C/C(Cl)=C\C=C/CN1c2ccccc2CC1C(=O)NCc1ccc(-c2ccncc2)cc1. The number of nitrogens with one attached hydrogen (secondary N) is 1. The number of anilines is 1. The molecule has 3 aromatic rings. The lowest BCUT2D eigenvalue weighted by Gasteiger charge is -2.25. The van der Waals surface area contributed by atoms with Gasteiger partial charge in [0, 0.05) is 42.6 Å². The van der Waals surface area contributed by atoms with Crippen LogP contribution >= 0.6 is 11.6 Å². The highest BCUT2D eigenvalue weighted by atomic mass is 35.5. The summed E-state index contributed by atoms with van der Waals surface area (Å²) < 4.78 is 0. The molecule has 2 aromatic carbocycles. The average Bonchev–Trinajstić information content (AvgIpc) is 3.20. The first kappa shape index (κ1) is 21.8. The van der Waals surface area contributed by atoms with Crippen LogP contribution in [0, 0.1) is 0 Å². The first-order valence-corrected chi connectivity index (χ1v) is 11.1. The van der Waals surface area contributed by atoms with E-state index >= 15 is 0 Å². The minimum Gasteiger partial charge on any atom is -0.355 e. The minimum atomic E-state index is -0.228. The van der Waals surface area contributed by atoms with Crippen LogP contribution < -0.4 is 10.2 Å². The van der Waals surface area contributed by atoms with Gasteiger partial charge in [-0.1, -0.05) is 66.2 Å². The summed E-state index contributed by atoms with van der Waals surface area (Å²) in [7, 11) is 0. The molecule has 4 rings (SSSR count). The summed E-state index contributed by atoms with van der Waals surface area (Å²) in [6.07, 6.45) is 10.1. The average molecular weight is 444 g/mol. The summed E-state index contributed by atoms with van der Waals surface area (Å²) in [4.78, 5) is 19.3. The third-order valence-electron chi connectivity index (χ3n) is 5.59. The van der Waals surface area contributed by atoms with Crippen molar-refractivity contribution in [3.8, 4) is 11.1 Å². The van der Waals surface area contributed by atoms with Gasteiger partial charge in [0.15, 0.2) is 0 Å². The van der Waals surface area contributed by atoms with Crippen molar-refractivity contribution in [2.24, 2.45) is 0 Å². The second-order valence-electron chi connectivity index (χ2n) is 7.83. The van der Waals surface area contributed by atoms with Gasteiger partial charge in [-0.15, -0.1) is 0 Å². The van der Waals surface area contributed by atoms with Crippen LogP contribution in [-0.4, -0.2) is 23.5 Å². The number of hydrogen-bond acceptors (Lipinski definition) is 3. The molecule has 1 atom stereocenters. The van der Waals surface area contributed by atoms with Gasteiger partial charge in [-0.25, -0.2) is 0 Å². The molecule has 0 aliphatic carbocycles. The second kappa shape index (κ2) is 10.3. The largest absolute Gasteiger partial charge is 0.355 e. The highest BCUT2D eigenvalue weighted by molar-refractivity contribution is 6.29. The van der Waals surface area contributed by atoms with Crippen LogP contribution in [0.25, 0.3) is 11.1 Å². The van der Waals surface area contributed by atoms with Crippen molar-refractivity contribution in [2.45, 2.75) is 25.9 Å². The lowest BCUT2D eigenvalue weighted by Crippen LogP contribution is -2.45. The van der Waals surface area contributed by atoms with E-state index in [0.717, 1.165) is 27.4 Å². The van der Waals surface area contributed by atoms with Gasteiger partial charge in [-0.2, -0.15) is 0 Å². The Morgan fingerprint density at radius 2 is 1.81 bits per heavy atom. The number of rotatable bonds is 7. The maximum Gasteiger partial charge on any atom is 0.243 e. The van der Waals surface area contributed by atoms with Crippen LogP contribution in [0.5, 0.6) is 0 Å². The lowest BCUT2D eigenvalue weighted by atomic mass is 10.1. The van der Waals surface area contributed by atoms with Crippen LogP contribution in [0.2, 0.25) is 0 Å². The zero-order chi connectivity index (χ0) is 22.3. The standard InChI is InChI=1S/C27H26ClN3O/c1-20(28)6-4-5-17-31-25-8-3-2-7-24(25)18-26(31)27(32)30-19-21-9-11-22(12-10-21)23-13-15-29-16-14-23/h2-16,26H,17-19H2,1H3,(H,30,32)/b5-4-,20-6+. The first-order chi connectivity index (χ1) is 15.6. The van der Waals surface area contributed by atoms with E-state index in [9.17, 15) is 4.79 Å². The molecule has 2 heterocycles. The van der Waals surface area contributed by atoms with Gasteiger partial charge in [0.25, 0.3) is 0 Å². The Hall–Kier alpha value is -3.37. The van der Waals surface area contributed by atoms with Gasteiger partial charge >= 0.3 is 0 Å². The smallest absolute Gasteiger partial charge is 0.243 e. The molecule has 0 saturated heterocycles. The quantitative estimate of drug-likeness (QED) is 0.491. The zero-order valence-electron chi connectivity index (χ0n) is 18.0. The maximum atomic E-state index is 13.1. The summed E-state index contributed by atoms with van der Waals surface area (Å²) in [5, 5.41) is 3.85. The monoisotopic (exact) mass is 443 g/mol. The van der Waals surface area contributed by atoms with Crippen molar-refractivity contribution in [1.29, 1.82) is 0 Å². The maximum absolute atomic E-state index is 13.1. The Kier molecular flexibility index (Phi) is 7.03. The summed E-state index contributed by atoms with van der Waals surface area (Å²) in [5.74, 6) is 0.0388. The molecule has 1 N–H and O–H groups in total. The van der Waals surface area contributed by atoms with E-state index in [0.29, 0.717) is 19.5 Å². The van der Waals surface area contributed by atoms with E-state index in [-0.39, 0.29) is 11.9 Å².